The van der Waals surface area contributed by atoms with Crippen molar-refractivity contribution in [3.63, 3.8) is 0 Å². The molecule has 0 saturated carbocycles. The molecule has 10 nitrogen and oxygen atoms in total. The first-order valence-electron chi connectivity index (χ1n) is 10.8. The topological polar surface area (TPSA) is 97.0 Å². The Bertz CT molecular complexity index is 1190. The predicted molar refractivity (Wildman–Crippen MR) is 126 cm³/mol. The van der Waals surface area contributed by atoms with Crippen molar-refractivity contribution in [2.24, 2.45) is 14.1 Å². The summed E-state index contributed by atoms with van der Waals surface area (Å²) in [5, 5.41) is 15.9. The van der Waals surface area contributed by atoms with Gasteiger partial charge in [0.25, 0.3) is 0 Å². The maximum Gasteiger partial charge on any atom is 0.242 e. The van der Waals surface area contributed by atoms with Crippen molar-refractivity contribution in [1.82, 2.24) is 39.6 Å². The molecule has 1 fully saturated rings. The molecule has 4 heterocycles. The number of hydrogen-bond donors (Lipinski definition) is 1. The van der Waals surface area contributed by atoms with Crippen LogP contribution >= 0.6 is 0 Å². The Labute approximate surface area is 193 Å². The lowest BCUT2D eigenvalue weighted by atomic mass is 10.0. The molecule has 10 heteroatoms. The summed E-state index contributed by atoms with van der Waals surface area (Å²) in [6.07, 6.45) is 9.09. The van der Waals surface area contributed by atoms with Crippen molar-refractivity contribution in [3.05, 3.63) is 66.4 Å². The van der Waals surface area contributed by atoms with E-state index in [4.69, 9.17) is 0 Å². The molecule has 1 aliphatic heterocycles. The van der Waals surface area contributed by atoms with Gasteiger partial charge in [0.2, 0.25) is 5.91 Å². The van der Waals surface area contributed by atoms with Crippen molar-refractivity contribution < 1.29 is 4.79 Å². The van der Waals surface area contributed by atoms with Crippen LogP contribution in [0.4, 0.5) is 11.6 Å². The third kappa shape index (κ3) is 4.94. The molecule has 1 saturated heterocycles. The van der Waals surface area contributed by atoms with Crippen molar-refractivity contribution in [1.29, 1.82) is 0 Å². The maximum absolute atomic E-state index is 12.9. The summed E-state index contributed by atoms with van der Waals surface area (Å²) in [6, 6.07) is 3.92. The molecule has 0 radical (unpaired) electrons. The van der Waals surface area contributed by atoms with Gasteiger partial charge < -0.3 is 15.1 Å². The Morgan fingerprint density at radius 1 is 1.30 bits per heavy atom. The predicted octanol–water partition coefficient (Wildman–Crippen LogP) is 2.26. The van der Waals surface area contributed by atoms with E-state index in [0.717, 1.165) is 28.2 Å². The van der Waals surface area contributed by atoms with E-state index in [9.17, 15) is 4.79 Å². The van der Waals surface area contributed by atoms with Crippen LogP contribution in [0.3, 0.4) is 0 Å². The average Bonchev–Trinajstić information content (AvgIpc) is 3.38. The SMILES string of the molecule is C=C/C(=C\N1CC(=O)N(Cc2cnn(C)n2)C(C)C1)c1cc(Nc2ccnn2C)ncc1C. The highest BCUT2D eigenvalue weighted by atomic mass is 16.2. The van der Waals surface area contributed by atoms with Gasteiger partial charge in [0.15, 0.2) is 0 Å². The normalized spacial score (nSPS) is 16.9. The standard InChI is InChI=1S/C23H29N9O/c1-6-18(20-9-21(24-10-16(20)2)27-22-7-8-25-29(22)4)13-31-12-17(3)32(23(33)15-31)14-19-11-26-30(5)28-19/h6-11,13,17H,1,12,14-15H2,2-5H3,(H,24,27)/b18-13+. The van der Waals surface area contributed by atoms with Gasteiger partial charge in [-0.15, -0.1) is 0 Å². The van der Waals surface area contributed by atoms with Crippen LogP contribution < -0.4 is 5.32 Å². The molecule has 0 bridgehead atoms. The zero-order valence-corrected chi connectivity index (χ0v) is 19.4. The van der Waals surface area contributed by atoms with E-state index in [1.807, 2.05) is 54.4 Å². The van der Waals surface area contributed by atoms with Crippen LogP contribution in [-0.4, -0.2) is 64.6 Å². The van der Waals surface area contributed by atoms with Gasteiger partial charge in [-0.25, -0.2) is 4.98 Å². The van der Waals surface area contributed by atoms with Gasteiger partial charge >= 0.3 is 0 Å². The number of pyridine rings is 1. The summed E-state index contributed by atoms with van der Waals surface area (Å²) in [5.41, 5.74) is 3.75. The molecule has 0 spiro atoms. The second-order valence-corrected chi connectivity index (χ2v) is 8.26. The van der Waals surface area contributed by atoms with E-state index in [2.05, 4.69) is 39.1 Å². The van der Waals surface area contributed by atoms with Crippen LogP contribution in [0.15, 0.2) is 49.6 Å². The highest BCUT2D eigenvalue weighted by Crippen LogP contribution is 2.25. The van der Waals surface area contributed by atoms with Gasteiger partial charge in [0.1, 0.15) is 17.3 Å². The number of aryl methyl sites for hydroxylation is 3. The lowest BCUT2D eigenvalue weighted by Gasteiger charge is -2.39. The van der Waals surface area contributed by atoms with E-state index >= 15 is 0 Å². The number of nitrogens with zero attached hydrogens (tertiary/aromatic N) is 8. The zero-order valence-electron chi connectivity index (χ0n) is 19.4. The Hall–Kier alpha value is -3.95. The Balaban J connectivity index is 1.52. The monoisotopic (exact) mass is 447 g/mol. The fourth-order valence-corrected chi connectivity index (χ4v) is 3.95. The first-order valence-corrected chi connectivity index (χ1v) is 10.8. The smallest absolute Gasteiger partial charge is 0.242 e. The van der Waals surface area contributed by atoms with Gasteiger partial charge in [-0.3, -0.25) is 9.48 Å². The quantitative estimate of drug-likeness (QED) is 0.555. The molecule has 33 heavy (non-hydrogen) atoms. The minimum absolute atomic E-state index is 0.0381. The number of rotatable bonds is 7. The molecule has 4 rings (SSSR count). The summed E-state index contributed by atoms with van der Waals surface area (Å²) >= 11 is 0. The zero-order chi connectivity index (χ0) is 23.5. The molecule has 1 N–H and O–H groups in total. The van der Waals surface area contributed by atoms with E-state index in [-0.39, 0.29) is 11.9 Å². The van der Waals surface area contributed by atoms with Gasteiger partial charge in [-0.05, 0) is 36.6 Å². The second kappa shape index (κ2) is 9.27. The third-order valence-electron chi connectivity index (χ3n) is 5.70. The summed E-state index contributed by atoms with van der Waals surface area (Å²) in [4.78, 5) is 22.8. The number of nitrogens with one attached hydrogen (secondary N) is 1. The summed E-state index contributed by atoms with van der Waals surface area (Å²) in [7, 11) is 3.64. The van der Waals surface area contributed by atoms with E-state index in [1.165, 1.54) is 4.80 Å². The maximum atomic E-state index is 12.9. The van der Waals surface area contributed by atoms with E-state index < -0.39 is 0 Å². The highest BCUT2D eigenvalue weighted by molar-refractivity contribution is 5.81. The Kier molecular flexibility index (Phi) is 6.25. The van der Waals surface area contributed by atoms with Gasteiger partial charge in [-0.1, -0.05) is 12.7 Å². The summed E-state index contributed by atoms with van der Waals surface area (Å²) in [6.45, 7) is 9.56. The van der Waals surface area contributed by atoms with Crippen LogP contribution in [0.5, 0.6) is 0 Å². The fraction of sp³-hybridized carbons (Fsp3) is 0.348. The Morgan fingerprint density at radius 3 is 2.76 bits per heavy atom. The number of amides is 1. The molecular formula is C23H29N9O. The molecule has 1 amide bonds. The summed E-state index contributed by atoms with van der Waals surface area (Å²) < 4.78 is 1.75. The molecule has 3 aromatic heterocycles. The lowest BCUT2D eigenvalue weighted by molar-refractivity contribution is -0.138. The molecule has 1 atom stereocenters. The minimum Gasteiger partial charge on any atom is -0.366 e. The van der Waals surface area contributed by atoms with Gasteiger partial charge in [0, 0.05) is 45.1 Å². The molecular weight excluding hydrogens is 418 g/mol. The third-order valence-corrected chi connectivity index (χ3v) is 5.70. The largest absolute Gasteiger partial charge is 0.366 e. The number of hydrogen-bond acceptors (Lipinski definition) is 7. The number of carbonyl (C=O) groups is 1. The molecule has 1 aliphatic rings. The number of piperazine rings is 1. The highest BCUT2D eigenvalue weighted by Gasteiger charge is 2.29. The van der Waals surface area contributed by atoms with Crippen molar-refractivity contribution in [2.45, 2.75) is 26.4 Å². The van der Waals surface area contributed by atoms with Crippen LogP contribution in [0, 0.1) is 6.92 Å². The van der Waals surface area contributed by atoms with Crippen LogP contribution in [0.25, 0.3) is 5.57 Å². The van der Waals surface area contributed by atoms with Gasteiger partial charge in [0.05, 0.1) is 25.5 Å². The number of allylic oxidation sites excluding steroid dienone is 2. The average molecular weight is 448 g/mol. The fourth-order valence-electron chi connectivity index (χ4n) is 3.95. The number of anilines is 2. The van der Waals surface area contributed by atoms with Gasteiger partial charge in [-0.2, -0.15) is 20.1 Å². The molecule has 0 aromatic carbocycles. The Morgan fingerprint density at radius 2 is 2.12 bits per heavy atom. The second-order valence-electron chi connectivity index (χ2n) is 8.26. The minimum atomic E-state index is 0.0381. The number of carbonyl (C=O) groups excluding carboxylic acids is 1. The first kappa shape index (κ1) is 22.3. The van der Waals surface area contributed by atoms with E-state index in [1.54, 1.807) is 24.1 Å². The summed E-state index contributed by atoms with van der Waals surface area (Å²) in [5.74, 6) is 1.62. The van der Waals surface area contributed by atoms with Crippen LogP contribution in [0.2, 0.25) is 0 Å². The number of aromatic nitrogens is 6. The first-order chi connectivity index (χ1) is 15.8. The van der Waals surface area contributed by atoms with E-state index in [0.29, 0.717) is 25.5 Å². The van der Waals surface area contributed by atoms with Crippen LogP contribution in [-0.2, 0) is 25.4 Å². The molecule has 1 unspecified atom stereocenters. The van der Waals surface area contributed by atoms with Crippen molar-refractivity contribution >= 4 is 23.1 Å². The molecule has 3 aromatic rings. The van der Waals surface area contributed by atoms with Crippen LogP contribution in [0.1, 0.15) is 23.7 Å². The van der Waals surface area contributed by atoms with Crippen molar-refractivity contribution in [3.8, 4) is 0 Å². The van der Waals surface area contributed by atoms with Crippen molar-refractivity contribution in [2.75, 3.05) is 18.4 Å². The lowest BCUT2D eigenvalue weighted by Crippen LogP contribution is -2.53. The molecule has 172 valence electrons. The molecule has 0 aliphatic carbocycles.